The molecule has 176 valence electrons. The monoisotopic (exact) mass is 454 g/mol. The number of carbonyl (C=O) groups excluding carboxylic acids is 3. The Morgan fingerprint density at radius 2 is 1.82 bits per heavy atom. The van der Waals surface area contributed by atoms with Crippen molar-refractivity contribution in [2.45, 2.75) is 39.7 Å². The van der Waals surface area contributed by atoms with Gasteiger partial charge in [0.15, 0.2) is 0 Å². The van der Waals surface area contributed by atoms with E-state index in [1.165, 1.54) is 7.11 Å². The second-order valence-corrected chi connectivity index (χ2v) is 8.36. The van der Waals surface area contributed by atoms with E-state index in [4.69, 9.17) is 9.47 Å². The van der Waals surface area contributed by atoms with E-state index in [9.17, 15) is 14.4 Å². The molecule has 2 amide bonds. The van der Waals surface area contributed by atoms with E-state index in [0.29, 0.717) is 42.5 Å². The Bertz CT molecular complexity index is 1070. The Balaban J connectivity index is 1.85. The van der Waals surface area contributed by atoms with Crippen LogP contribution in [0, 0.1) is 6.92 Å². The minimum atomic E-state index is -0.637. The van der Waals surface area contributed by atoms with E-state index in [1.807, 2.05) is 20.8 Å². The summed E-state index contributed by atoms with van der Waals surface area (Å²) in [6.45, 7) is 8.37. The fraction of sp³-hybridized carbons (Fsp3) is 0.458. The van der Waals surface area contributed by atoms with Crippen molar-refractivity contribution in [2.24, 2.45) is 0 Å². The number of methoxy groups -OCH3 is 2. The number of hydrogen-bond acceptors (Lipinski definition) is 7. The third-order valence-corrected chi connectivity index (χ3v) is 5.68. The predicted molar refractivity (Wildman–Crippen MR) is 122 cm³/mol. The zero-order chi connectivity index (χ0) is 24.3. The van der Waals surface area contributed by atoms with E-state index >= 15 is 0 Å². The topological polar surface area (TPSA) is 102 Å². The van der Waals surface area contributed by atoms with Crippen molar-refractivity contribution in [3.8, 4) is 5.75 Å². The largest absolute Gasteiger partial charge is 0.497 e. The first kappa shape index (κ1) is 24.2. The first-order chi connectivity index (χ1) is 15.7. The van der Waals surface area contributed by atoms with E-state index in [1.54, 1.807) is 48.1 Å². The summed E-state index contributed by atoms with van der Waals surface area (Å²) in [5.41, 5.74) is 1.16. The van der Waals surface area contributed by atoms with Crippen LogP contribution >= 0.6 is 0 Å². The van der Waals surface area contributed by atoms with Crippen molar-refractivity contribution in [2.75, 3.05) is 33.9 Å². The second-order valence-electron chi connectivity index (χ2n) is 8.36. The molecule has 1 aliphatic rings. The maximum Gasteiger partial charge on any atom is 0.342 e. The molecule has 0 spiro atoms. The van der Waals surface area contributed by atoms with Crippen molar-refractivity contribution < 1.29 is 23.9 Å². The van der Waals surface area contributed by atoms with Crippen LogP contribution in [0.2, 0.25) is 0 Å². The lowest BCUT2D eigenvalue weighted by atomic mass is 10.0. The molecule has 9 nitrogen and oxygen atoms in total. The van der Waals surface area contributed by atoms with Gasteiger partial charge in [0.25, 0.3) is 11.8 Å². The highest BCUT2D eigenvalue weighted by molar-refractivity contribution is 6.05. The normalized spacial score (nSPS) is 16.0. The number of amides is 2. The van der Waals surface area contributed by atoms with Crippen LogP contribution in [0.4, 0.5) is 0 Å². The molecule has 1 aromatic heterocycles. The fourth-order valence-electron chi connectivity index (χ4n) is 3.99. The molecule has 1 unspecified atom stereocenters. The Morgan fingerprint density at radius 1 is 1.09 bits per heavy atom. The molecule has 0 saturated carbocycles. The van der Waals surface area contributed by atoms with Crippen LogP contribution in [-0.2, 0) is 4.74 Å². The number of rotatable bonds is 5. The standard InChI is InChI=1S/C24H30N4O5/c1-14(2)20-19(24(31)33-6)21(26-16(4)25-20)23(30)27-10-11-28(15(3)13-27)22(29)17-8-7-9-18(12-17)32-5/h7-9,12,14-15H,10-11,13H2,1-6H3. The SMILES string of the molecule is COC(=O)c1c(C(=O)N2CCN(C(=O)c3cccc(OC)c3)C(C)C2)nc(C)nc1C(C)C. The number of aromatic nitrogens is 2. The number of piperazine rings is 1. The quantitative estimate of drug-likeness (QED) is 0.640. The van der Waals surface area contributed by atoms with Gasteiger partial charge in [-0.05, 0) is 38.0 Å². The number of benzene rings is 1. The summed E-state index contributed by atoms with van der Waals surface area (Å²) in [5, 5.41) is 0. The maximum atomic E-state index is 13.5. The molecule has 9 heteroatoms. The molecule has 0 radical (unpaired) electrons. The molecule has 0 aliphatic carbocycles. The van der Waals surface area contributed by atoms with E-state index in [2.05, 4.69) is 9.97 Å². The van der Waals surface area contributed by atoms with Gasteiger partial charge in [-0.1, -0.05) is 19.9 Å². The highest BCUT2D eigenvalue weighted by Gasteiger charge is 2.34. The summed E-state index contributed by atoms with van der Waals surface area (Å²) in [6, 6.07) is 6.77. The van der Waals surface area contributed by atoms with Crippen molar-refractivity contribution in [1.82, 2.24) is 19.8 Å². The molecule has 1 fully saturated rings. The lowest BCUT2D eigenvalue weighted by Gasteiger charge is -2.40. The van der Waals surface area contributed by atoms with Gasteiger partial charge in [0.1, 0.15) is 22.8 Å². The Labute approximate surface area is 193 Å². The molecule has 0 bridgehead atoms. The van der Waals surface area contributed by atoms with Crippen LogP contribution < -0.4 is 4.74 Å². The van der Waals surface area contributed by atoms with Crippen molar-refractivity contribution in [3.63, 3.8) is 0 Å². The molecule has 1 atom stereocenters. The average Bonchev–Trinajstić information content (AvgIpc) is 2.81. The molecular formula is C24H30N4O5. The molecule has 33 heavy (non-hydrogen) atoms. The third kappa shape index (κ3) is 4.97. The van der Waals surface area contributed by atoms with Crippen LogP contribution in [-0.4, -0.2) is 77.4 Å². The van der Waals surface area contributed by atoms with Gasteiger partial charge in [-0.2, -0.15) is 0 Å². The lowest BCUT2D eigenvalue weighted by Crippen LogP contribution is -2.55. The summed E-state index contributed by atoms with van der Waals surface area (Å²) in [6.07, 6.45) is 0. The summed E-state index contributed by atoms with van der Waals surface area (Å²) < 4.78 is 10.1. The van der Waals surface area contributed by atoms with E-state index < -0.39 is 5.97 Å². The molecule has 0 N–H and O–H groups in total. The Kier molecular flexibility index (Phi) is 7.30. The zero-order valence-electron chi connectivity index (χ0n) is 19.9. The molecule has 2 heterocycles. The number of esters is 1. The minimum Gasteiger partial charge on any atom is -0.497 e. The number of nitrogens with zero attached hydrogens (tertiary/aromatic N) is 4. The highest BCUT2D eigenvalue weighted by Crippen LogP contribution is 2.24. The number of carbonyl (C=O) groups is 3. The first-order valence-electron chi connectivity index (χ1n) is 10.9. The van der Waals surface area contributed by atoms with Crippen LogP contribution in [0.25, 0.3) is 0 Å². The number of ether oxygens (including phenoxy) is 2. The summed E-state index contributed by atoms with van der Waals surface area (Å²) in [7, 11) is 2.82. The van der Waals surface area contributed by atoms with Crippen molar-refractivity contribution in [1.29, 1.82) is 0 Å². The van der Waals surface area contributed by atoms with Gasteiger partial charge in [0, 0.05) is 31.2 Å². The average molecular weight is 455 g/mol. The van der Waals surface area contributed by atoms with Crippen LogP contribution in [0.3, 0.4) is 0 Å². The van der Waals surface area contributed by atoms with Crippen LogP contribution in [0.1, 0.15) is 69.4 Å². The predicted octanol–water partition coefficient (Wildman–Crippen LogP) is 2.69. The minimum absolute atomic E-state index is 0.0397. The number of hydrogen-bond donors (Lipinski definition) is 0. The number of aryl methyl sites for hydroxylation is 1. The molecule has 3 rings (SSSR count). The van der Waals surface area contributed by atoms with Gasteiger partial charge in [0.05, 0.1) is 19.9 Å². The first-order valence-corrected chi connectivity index (χ1v) is 10.9. The molecule has 1 aromatic carbocycles. The van der Waals surface area contributed by atoms with Gasteiger partial charge in [-0.25, -0.2) is 14.8 Å². The third-order valence-electron chi connectivity index (χ3n) is 5.68. The summed E-state index contributed by atoms with van der Waals surface area (Å²) in [4.78, 5) is 51.1. The van der Waals surface area contributed by atoms with Gasteiger partial charge in [0.2, 0.25) is 0 Å². The van der Waals surface area contributed by atoms with E-state index in [-0.39, 0.29) is 35.0 Å². The van der Waals surface area contributed by atoms with Crippen LogP contribution in [0.5, 0.6) is 5.75 Å². The van der Waals surface area contributed by atoms with Gasteiger partial charge in [-0.3, -0.25) is 9.59 Å². The van der Waals surface area contributed by atoms with Gasteiger partial charge in [-0.15, -0.1) is 0 Å². The summed E-state index contributed by atoms with van der Waals surface area (Å²) >= 11 is 0. The molecule has 2 aromatic rings. The smallest absolute Gasteiger partial charge is 0.342 e. The van der Waals surface area contributed by atoms with Crippen molar-refractivity contribution in [3.05, 3.63) is 52.6 Å². The van der Waals surface area contributed by atoms with Gasteiger partial charge >= 0.3 is 5.97 Å². The fourth-order valence-corrected chi connectivity index (χ4v) is 3.99. The molecule has 1 saturated heterocycles. The Morgan fingerprint density at radius 3 is 2.42 bits per heavy atom. The van der Waals surface area contributed by atoms with Crippen molar-refractivity contribution >= 4 is 17.8 Å². The zero-order valence-corrected chi connectivity index (χ0v) is 19.9. The van der Waals surface area contributed by atoms with E-state index in [0.717, 1.165) is 0 Å². The summed E-state index contributed by atoms with van der Waals surface area (Å²) in [5.74, 6) is -0.204. The lowest BCUT2D eigenvalue weighted by molar-refractivity contribution is 0.0408. The second kappa shape index (κ2) is 9.97. The molecule has 1 aliphatic heterocycles. The molecular weight excluding hydrogens is 424 g/mol. The maximum absolute atomic E-state index is 13.5. The van der Waals surface area contributed by atoms with Gasteiger partial charge < -0.3 is 19.3 Å². The van der Waals surface area contributed by atoms with Crippen LogP contribution in [0.15, 0.2) is 24.3 Å². The highest BCUT2D eigenvalue weighted by atomic mass is 16.5. The Hall–Kier alpha value is -3.49.